The molecule has 0 fully saturated rings. The minimum Gasteiger partial charge on any atom is -0.456 e. The van der Waals surface area contributed by atoms with Gasteiger partial charge in [0.25, 0.3) is 0 Å². The lowest BCUT2D eigenvalue weighted by Gasteiger charge is -2.18. The van der Waals surface area contributed by atoms with Crippen LogP contribution in [-0.2, 0) is 0 Å². The maximum Gasteiger partial charge on any atom is 0.136 e. The molecule has 12 aromatic rings. The van der Waals surface area contributed by atoms with Crippen molar-refractivity contribution in [2.45, 2.75) is 0 Å². The second kappa shape index (κ2) is 9.87. The van der Waals surface area contributed by atoms with Crippen molar-refractivity contribution in [3.8, 4) is 22.3 Å². The van der Waals surface area contributed by atoms with Crippen LogP contribution in [0.25, 0.3) is 120 Å². The molecule has 3 nitrogen and oxygen atoms in total. The molecule has 12 rings (SSSR count). The van der Waals surface area contributed by atoms with Gasteiger partial charge in [-0.15, -0.1) is 0 Å². The molecular weight excluding hydrogens is 625 g/mol. The first-order valence-corrected chi connectivity index (χ1v) is 17.3. The van der Waals surface area contributed by atoms with Crippen LogP contribution >= 0.6 is 0 Å². The first-order chi connectivity index (χ1) is 25.3. The molecule has 3 heterocycles. The minimum absolute atomic E-state index is 0.862. The third-order valence-electron chi connectivity index (χ3n) is 10.8. The molecule has 236 valence electrons. The summed E-state index contributed by atoms with van der Waals surface area (Å²) in [5.74, 6) is 0. The van der Waals surface area contributed by atoms with E-state index in [4.69, 9.17) is 13.3 Å². The van der Waals surface area contributed by atoms with E-state index in [0.29, 0.717) is 0 Å². The average molecular weight is 651 g/mol. The predicted molar refractivity (Wildman–Crippen MR) is 212 cm³/mol. The number of para-hydroxylation sites is 1. The monoisotopic (exact) mass is 650 g/mol. The van der Waals surface area contributed by atoms with Crippen molar-refractivity contribution in [1.29, 1.82) is 0 Å². The summed E-state index contributed by atoms with van der Waals surface area (Å²) in [7, 11) is 0. The summed E-state index contributed by atoms with van der Waals surface area (Å²) in [6.07, 6.45) is 0. The Bertz CT molecular complexity index is 3370. The van der Waals surface area contributed by atoms with Gasteiger partial charge in [-0.2, -0.15) is 0 Å². The third-order valence-corrected chi connectivity index (χ3v) is 10.8. The molecular formula is C48H26O3. The molecule has 3 aromatic heterocycles. The number of hydrogen-bond donors (Lipinski definition) is 0. The van der Waals surface area contributed by atoms with E-state index in [1.54, 1.807) is 0 Å². The van der Waals surface area contributed by atoms with Crippen LogP contribution in [0.2, 0.25) is 0 Å². The molecule has 0 aliphatic carbocycles. The molecule has 0 unspecified atom stereocenters. The lowest BCUT2D eigenvalue weighted by molar-refractivity contribution is 0.663. The van der Waals surface area contributed by atoms with Crippen molar-refractivity contribution in [2.75, 3.05) is 0 Å². The maximum absolute atomic E-state index is 6.45. The van der Waals surface area contributed by atoms with E-state index in [9.17, 15) is 0 Å². The number of furan rings is 3. The fourth-order valence-corrected chi connectivity index (χ4v) is 8.61. The molecule has 0 bridgehead atoms. The molecule has 0 aliphatic heterocycles. The Morgan fingerprint density at radius 2 is 0.667 bits per heavy atom. The molecule has 0 saturated carbocycles. The van der Waals surface area contributed by atoms with Crippen molar-refractivity contribution in [1.82, 2.24) is 0 Å². The molecule has 51 heavy (non-hydrogen) atoms. The predicted octanol–water partition coefficient (Wildman–Crippen LogP) is 14.2. The van der Waals surface area contributed by atoms with Crippen molar-refractivity contribution < 1.29 is 13.3 Å². The summed E-state index contributed by atoms with van der Waals surface area (Å²) < 4.78 is 19.1. The van der Waals surface area contributed by atoms with Gasteiger partial charge in [0, 0.05) is 32.3 Å². The van der Waals surface area contributed by atoms with Crippen LogP contribution in [-0.4, -0.2) is 0 Å². The van der Waals surface area contributed by atoms with Gasteiger partial charge in [0.1, 0.15) is 33.5 Å². The summed E-state index contributed by atoms with van der Waals surface area (Å²) >= 11 is 0. The Morgan fingerprint density at radius 1 is 0.255 bits per heavy atom. The quantitative estimate of drug-likeness (QED) is 0.175. The zero-order valence-corrected chi connectivity index (χ0v) is 27.2. The highest BCUT2D eigenvalue weighted by Crippen LogP contribution is 2.47. The van der Waals surface area contributed by atoms with Gasteiger partial charge in [0.2, 0.25) is 0 Å². The van der Waals surface area contributed by atoms with Gasteiger partial charge in [0.15, 0.2) is 0 Å². The smallest absolute Gasteiger partial charge is 0.136 e. The van der Waals surface area contributed by atoms with Gasteiger partial charge in [0.05, 0.1) is 0 Å². The zero-order valence-electron chi connectivity index (χ0n) is 27.2. The van der Waals surface area contributed by atoms with Crippen molar-refractivity contribution >= 4 is 98.1 Å². The highest BCUT2D eigenvalue weighted by molar-refractivity contribution is 6.27. The van der Waals surface area contributed by atoms with Gasteiger partial charge < -0.3 is 13.3 Å². The van der Waals surface area contributed by atoms with Crippen molar-refractivity contribution in [2.24, 2.45) is 0 Å². The van der Waals surface area contributed by atoms with Crippen molar-refractivity contribution in [3.05, 3.63) is 158 Å². The van der Waals surface area contributed by atoms with Crippen LogP contribution in [0.4, 0.5) is 0 Å². The second-order valence-corrected chi connectivity index (χ2v) is 13.6. The highest BCUT2D eigenvalue weighted by atomic mass is 16.3. The first kappa shape index (κ1) is 27.0. The Kier molecular flexibility index (Phi) is 5.23. The number of rotatable bonds is 2. The standard InChI is InChI=1S/C48H26O3/c1-2-10-28-26-44-37(23-27(28)9-1)36-24-29(17-19-40(36)51-44)45-31-11-3-5-13-33(31)46(34-14-6-4-12-32(34)45)30-18-20-41-38(25-30)48-43(50-41)22-21-42-47(48)35-15-7-8-16-39(35)49-42/h1-26H. The number of hydrogen-bond acceptors (Lipinski definition) is 3. The fraction of sp³-hybridized carbons (Fsp3) is 0. The Morgan fingerprint density at radius 3 is 1.29 bits per heavy atom. The van der Waals surface area contributed by atoms with Gasteiger partial charge in [-0.05, 0) is 109 Å². The van der Waals surface area contributed by atoms with E-state index in [2.05, 4.69) is 133 Å². The van der Waals surface area contributed by atoms with Crippen LogP contribution in [0, 0.1) is 0 Å². The lowest BCUT2D eigenvalue weighted by Crippen LogP contribution is -1.90. The van der Waals surface area contributed by atoms with Gasteiger partial charge in [-0.3, -0.25) is 0 Å². The summed E-state index contributed by atoms with van der Waals surface area (Å²) in [4.78, 5) is 0. The topological polar surface area (TPSA) is 39.4 Å². The summed E-state index contributed by atoms with van der Waals surface area (Å²) in [6.45, 7) is 0. The van der Waals surface area contributed by atoms with Crippen LogP contribution in [0.5, 0.6) is 0 Å². The normalized spacial score (nSPS) is 12.3. The molecule has 0 radical (unpaired) electrons. The van der Waals surface area contributed by atoms with E-state index in [1.165, 1.54) is 49.0 Å². The van der Waals surface area contributed by atoms with Crippen LogP contribution in [0.3, 0.4) is 0 Å². The molecule has 3 heteroatoms. The Balaban J connectivity index is 1.14. The Labute approximate surface area is 290 Å². The van der Waals surface area contributed by atoms with E-state index >= 15 is 0 Å². The van der Waals surface area contributed by atoms with E-state index in [-0.39, 0.29) is 0 Å². The maximum atomic E-state index is 6.45. The molecule has 0 amide bonds. The fourth-order valence-electron chi connectivity index (χ4n) is 8.61. The van der Waals surface area contributed by atoms with Crippen molar-refractivity contribution in [3.63, 3.8) is 0 Å². The zero-order chi connectivity index (χ0) is 33.2. The van der Waals surface area contributed by atoms with Gasteiger partial charge in [-0.1, -0.05) is 103 Å². The summed E-state index contributed by atoms with van der Waals surface area (Å²) in [6, 6.07) is 56.1. The van der Waals surface area contributed by atoms with Crippen LogP contribution in [0.1, 0.15) is 0 Å². The number of fused-ring (bicyclic) bond motifs is 13. The molecule has 0 saturated heterocycles. The van der Waals surface area contributed by atoms with Gasteiger partial charge in [-0.25, -0.2) is 0 Å². The molecule has 0 N–H and O–H groups in total. The lowest BCUT2D eigenvalue weighted by atomic mass is 9.85. The molecule has 0 spiro atoms. The summed E-state index contributed by atoms with van der Waals surface area (Å²) in [5.41, 5.74) is 10.0. The Hall–Kier alpha value is -6.84. The van der Waals surface area contributed by atoms with E-state index in [1.807, 2.05) is 24.3 Å². The van der Waals surface area contributed by atoms with Gasteiger partial charge >= 0.3 is 0 Å². The highest BCUT2D eigenvalue weighted by Gasteiger charge is 2.21. The largest absolute Gasteiger partial charge is 0.456 e. The van der Waals surface area contributed by atoms with Crippen LogP contribution in [0.15, 0.2) is 171 Å². The number of benzene rings is 9. The van der Waals surface area contributed by atoms with E-state index in [0.717, 1.165) is 71.4 Å². The SMILES string of the molecule is c1ccc2cc3c(cc2c1)oc1ccc(-c2c4ccccc4c(-c4ccc5oc6ccc7oc8ccccc8c7c6c5c4)c4ccccc24)cc13. The molecule has 0 atom stereocenters. The average Bonchev–Trinajstić information content (AvgIpc) is 3.86. The minimum atomic E-state index is 0.862. The molecule has 0 aliphatic rings. The summed E-state index contributed by atoms with van der Waals surface area (Å²) in [5, 5.41) is 13.9. The molecule has 9 aromatic carbocycles. The van der Waals surface area contributed by atoms with Crippen LogP contribution < -0.4 is 0 Å². The van der Waals surface area contributed by atoms with E-state index < -0.39 is 0 Å². The second-order valence-electron chi connectivity index (χ2n) is 13.6. The first-order valence-electron chi connectivity index (χ1n) is 17.3. The third kappa shape index (κ3) is 3.72.